The van der Waals surface area contributed by atoms with Gasteiger partial charge in [0, 0.05) is 6.07 Å². The number of carbonyl (C=O) groups excluding carboxylic acids is 1. The second-order valence-corrected chi connectivity index (χ2v) is 4.40. The molecule has 0 aromatic heterocycles. The van der Waals surface area contributed by atoms with Crippen molar-refractivity contribution in [3.05, 3.63) is 68.7 Å². The summed E-state index contributed by atoms with van der Waals surface area (Å²) in [5, 5.41) is 13.0. The predicted octanol–water partition coefficient (Wildman–Crippen LogP) is 3.78. The molecule has 2 aromatic carbocycles. The summed E-state index contributed by atoms with van der Waals surface area (Å²) in [6.07, 6.45) is 0. The monoisotopic (exact) mass is 312 g/mol. The predicted molar refractivity (Wildman–Crippen MR) is 72.4 cm³/mol. The van der Waals surface area contributed by atoms with Gasteiger partial charge in [0.25, 0.3) is 11.6 Å². The molecule has 0 saturated carbocycles. The van der Waals surface area contributed by atoms with E-state index in [1.54, 1.807) is 0 Å². The largest absolute Gasteiger partial charge is 0.320 e. The van der Waals surface area contributed by atoms with E-state index < -0.39 is 33.7 Å². The van der Waals surface area contributed by atoms with Gasteiger partial charge in [-0.25, -0.2) is 8.78 Å². The molecule has 0 atom stereocenters. The molecule has 0 aliphatic rings. The van der Waals surface area contributed by atoms with Gasteiger partial charge in [0.1, 0.15) is 17.2 Å². The van der Waals surface area contributed by atoms with Crippen molar-refractivity contribution in [2.75, 3.05) is 5.32 Å². The first-order chi connectivity index (χ1) is 9.88. The van der Waals surface area contributed by atoms with Gasteiger partial charge in [-0.3, -0.25) is 14.9 Å². The van der Waals surface area contributed by atoms with E-state index in [0.29, 0.717) is 0 Å². The van der Waals surface area contributed by atoms with Crippen molar-refractivity contribution >= 4 is 28.9 Å². The second-order valence-electron chi connectivity index (χ2n) is 4.00. The average Bonchev–Trinajstić information content (AvgIpc) is 2.41. The zero-order valence-corrected chi connectivity index (χ0v) is 11.0. The molecule has 0 fully saturated rings. The minimum atomic E-state index is -0.922. The number of nitrogens with one attached hydrogen (secondary N) is 1. The van der Waals surface area contributed by atoms with Crippen molar-refractivity contribution in [1.29, 1.82) is 0 Å². The van der Waals surface area contributed by atoms with Gasteiger partial charge in [-0.2, -0.15) is 0 Å². The summed E-state index contributed by atoms with van der Waals surface area (Å²) in [4.78, 5) is 22.0. The Hall–Kier alpha value is -2.54. The number of benzene rings is 2. The number of anilines is 1. The molecule has 108 valence electrons. The second kappa shape index (κ2) is 5.84. The van der Waals surface area contributed by atoms with Crippen LogP contribution in [-0.2, 0) is 0 Å². The highest BCUT2D eigenvalue weighted by Gasteiger charge is 2.21. The molecule has 0 saturated heterocycles. The fraction of sp³-hybridized carbons (Fsp3) is 0. The Morgan fingerprint density at radius 3 is 2.38 bits per heavy atom. The molecule has 21 heavy (non-hydrogen) atoms. The molecule has 0 unspecified atom stereocenters. The molecule has 0 aliphatic heterocycles. The van der Waals surface area contributed by atoms with E-state index in [0.717, 1.165) is 30.3 Å². The Balaban J connectivity index is 2.36. The zero-order chi connectivity index (χ0) is 15.6. The third kappa shape index (κ3) is 3.32. The maximum absolute atomic E-state index is 13.2. The lowest BCUT2D eigenvalue weighted by molar-refractivity contribution is -0.385. The van der Waals surface area contributed by atoms with Crippen molar-refractivity contribution in [3.63, 3.8) is 0 Å². The molecule has 0 heterocycles. The van der Waals surface area contributed by atoms with E-state index in [1.807, 2.05) is 0 Å². The highest BCUT2D eigenvalue weighted by molar-refractivity contribution is 6.34. The molecular formula is C13H7ClF2N2O3. The molecule has 2 rings (SSSR count). The topological polar surface area (TPSA) is 72.2 Å². The van der Waals surface area contributed by atoms with Gasteiger partial charge in [0.05, 0.1) is 15.6 Å². The van der Waals surface area contributed by atoms with Gasteiger partial charge >= 0.3 is 0 Å². The normalized spacial score (nSPS) is 10.2. The molecule has 0 aliphatic carbocycles. The number of hydrogen-bond acceptors (Lipinski definition) is 3. The Morgan fingerprint density at radius 1 is 1.14 bits per heavy atom. The van der Waals surface area contributed by atoms with E-state index in [-0.39, 0.29) is 10.7 Å². The maximum atomic E-state index is 13.2. The molecule has 1 amide bonds. The summed E-state index contributed by atoms with van der Waals surface area (Å²) in [6.45, 7) is 0. The van der Waals surface area contributed by atoms with Crippen LogP contribution in [0.3, 0.4) is 0 Å². The molecule has 2 aromatic rings. The molecule has 0 radical (unpaired) electrons. The van der Waals surface area contributed by atoms with Crippen LogP contribution in [0.4, 0.5) is 20.2 Å². The SMILES string of the molecule is O=C(Nc1ccc(F)cc1Cl)c1cc(F)ccc1[N+](=O)[O-]. The number of rotatable bonds is 3. The average molecular weight is 313 g/mol. The van der Waals surface area contributed by atoms with Crippen LogP contribution >= 0.6 is 11.6 Å². The van der Waals surface area contributed by atoms with Gasteiger partial charge in [-0.15, -0.1) is 0 Å². The van der Waals surface area contributed by atoms with Crippen LogP contribution in [0.5, 0.6) is 0 Å². The summed E-state index contributed by atoms with van der Waals surface area (Å²) in [5.74, 6) is -2.32. The maximum Gasteiger partial charge on any atom is 0.282 e. The van der Waals surface area contributed by atoms with E-state index in [2.05, 4.69) is 5.32 Å². The van der Waals surface area contributed by atoms with E-state index in [4.69, 9.17) is 11.6 Å². The van der Waals surface area contributed by atoms with E-state index in [9.17, 15) is 23.7 Å². The van der Waals surface area contributed by atoms with Gasteiger partial charge in [0.2, 0.25) is 0 Å². The molecule has 5 nitrogen and oxygen atoms in total. The standard InChI is InChI=1S/C13H7ClF2N2O3/c14-10-6-8(16)1-3-11(10)17-13(19)9-5-7(15)2-4-12(9)18(20)21/h1-6H,(H,17,19). The number of amides is 1. The zero-order valence-electron chi connectivity index (χ0n) is 10.3. The number of hydrogen-bond donors (Lipinski definition) is 1. The molecule has 8 heteroatoms. The van der Waals surface area contributed by atoms with E-state index in [1.165, 1.54) is 6.07 Å². The quantitative estimate of drug-likeness (QED) is 0.692. The third-order valence-electron chi connectivity index (χ3n) is 2.58. The summed E-state index contributed by atoms with van der Waals surface area (Å²) in [5.41, 5.74) is -0.950. The van der Waals surface area contributed by atoms with Gasteiger partial charge in [-0.05, 0) is 30.3 Å². The Bertz CT molecular complexity index is 737. The first kappa shape index (κ1) is 14.9. The first-order valence-corrected chi connectivity index (χ1v) is 5.96. The molecule has 1 N–H and O–H groups in total. The molecule has 0 spiro atoms. The van der Waals surface area contributed by atoms with Crippen LogP contribution in [-0.4, -0.2) is 10.8 Å². The number of halogens is 3. The number of nitro groups is 1. The van der Waals surface area contributed by atoms with Crippen molar-refractivity contribution in [2.24, 2.45) is 0 Å². The summed E-state index contributed by atoms with van der Waals surface area (Å²) in [6, 6.07) is 5.72. The lowest BCUT2D eigenvalue weighted by Crippen LogP contribution is -2.14. The summed E-state index contributed by atoms with van der Waals surface area (Å²) < 4.78 is 26.1. The van der Waals surface area contributed by atoms with Crippen LogP contribution in [0.2, 0.25) is 5.02 Å². The van der Waals surface area contributed by atoms with Crippen molar-refractivity contribution in [3.8, 4) is 0 Å². The van der Waals surface area contributed by atoms with Crippen LogP contribution in [0.15, 0.2) is 36.4 Å². The van der Waals surface area contributed by atoms with Crippen molar-refractivity contribution < 1.29 is 18.5 Å². The third-order valence-corrected chi connectivity index (χ3v) is 2.89. The summed E-state index contributed by atoms with van der Waals surface area (Å²) >= 11 is 5.73. The van der Waals surface area contributed by atoms with Crippen LogP contribution < -0.4 is 5.32 Å². The Labute approximate surface area is 122 Å². The Morgan fingerprint density at radius 2 is 1.76 bits per heavy atom. The summed E-state index contributed by atoms with van der Waals surface area (Å²) in [7, 11) is 0. The first-order valence-electron chi connectivity index (χ1n) is 5.59. The minimum Gasteiger partial charge on any atom is -0.320 e. The van der Waals surface area contributed by atoms with Crippen molar-refractivity contribution in [1.82, 2.24) is 0 Å². The molecule has 0 bridgehead atoms. The van der Waals surface area contributed by atoms with Crippen molar-refractivity contribution in [2.45, 2.75) is 0 Å². The van der Waals surface area contributed by atoms with E-state index >= 15 is 0 Å². The minimum absolute atomic E-state index is 0.0571. The Kier molecular flexibility index (Phi) is 4.13. The number of nitrogens with zero attached hydrogens (tertiary/aromatic N) is 1. The molecular weight excluding hydrogens is 306 g/mol. The smallest absolute Gasteiger partial charge is 0.282 e. The fourth-order valence-corrected chi connectivity index (χ4v) is 1.84. The highest BCUT2D eigenvalue weighted by atomic mass is 35.5. The highest BCUT2D eigenvalue weighted by Crippen LogP contribution is 2.25. The fourth-order valence-electron chi connectivity index (χ4n) is 1.63. The van der Waals surface area contributed by atoms with Crippen LogP contribution in [0.1, 0.15) is 10.4 Å². The van der Waals surface area contributed by atoms with Gasteiger partial charge < -0.3 is 5.32 Å². The lowest BCUT2D eigenvalue weighted by Gasteiger charge is -2.07. The lowest BCUT2D eigenvalue weighted by atomic mass is 10.1. The van der Waals surface area contributed by atoms with Gasteiger partial charge in [0.15, 0.2) is 0 Å². The van der Waals surface area contributed by atoms with Gasteiger partial charge in [-0.1, -0.05) is 11.6 Å². The van der Waals surface area contributed by atoms with Crippen LogP contribution in [0.25, 0.3) is 0 Å². The van der Waals surface area contributed by atoms with Crippen LogP contribution in [0, 0.1) is 21.7 Å². The number of carbonyl (C=O) groups is 1. The number of nitro benzene ring substituents is 1.